The Hall–Kier alpha value is -2.29. The Bertz CT molecular complexity index is 633. The van der Waals surface area contributed by atoms with Crippen LogP contribution in [-0.2, 0) is 11.2 Å². The van der Waals surface area contributed by atoms with Gasteiger partial charge < -0.3 is 9.64 Å². The van der Waals surface area contributed by atoms with E-state index >= 15 is 0 Å². The van der Waals surface area contributed by atoms with Crippen LogP contribution in [0, 0.1) is 5.92 Å². The van der Waals surface area contributed by atoms with Crippen molar-refractivity contribution < 1.29 is 9.53 Å². The lowest BCUT2D eigenvalue weighted by Gasteiger charge is -2.33. The smallest absolute Gasteiger partial charge is 0.263 e. The number of para-hydroxylation sites is 1. The van der Waals surface area contributed by atoms with E-state index in [9.17, 15) is 4.79 Å². The monoisotopic (exact) mass is 323 g/mol. The predicted octanol–water partition coefficient (Wildman–Crippen LogP) is 3.94. The Morgan fingerprint density at radius 1 is 1.04 bits per heavy atom. The summed E-state index contributed by atoms with van der Waals surface area (Å²) in [5, 5.41) is 0. The van der Waals surface area contributed by atoms with Gasteiger partial charge in [0.1, 0.15) is 5.75 Å². The first-order valence-corrected chi connectivity index (χ1v) is 8.77. The van der Waals surface area contributed by atoms with Crippen molar-refractivity contribution in [3.8, 4) is 5.75 Å². The van der Waals surface area contributed by atoms with Crippen LogP contribution in [0.2, 0.25) is 0 Å². The summed E-state index contributed by atoms with van der Waals surface area (Å²) >= 11 is 0. The van der Waals surface area contributed by atoms with Gasteiger partial charge in [-0.2, -0.15) is 0 Å². The van der Waals surface area contributed by atoms with Crippen molar-refractivity contribution in [2.75, 3.05) is 13.1 Å². The van der Waals surface area contributed by atoms with Crippen molar-refractivity contribution in [1.29, 1.82) is 0 Å². The molecular weight excluding hydrogens is 298 g/mol. The van der Waals surface area contributed by atoms with Gasteiger partial charge in [0.25, 0.3) is 5.91 Å². The van der Waals surface area contributed by atoms with Gasteiger partial charge in [-0.15, -0.1) is 0 Å². The molecule has 1 atom stereocenters. The molecule has 126 valence electrons. The average Bonchev–Trinajstić information content (AvgIpc) is 2.63. The highest BCUT2D eigenvalue weighted by Gasteiger charge is 2.27. The first-order chi connectivity index (χ1) is 11.7. The minimum absolute atomic E-state index is 0.0945. The normalized spacial score (nSPS) is 16.6. The second-order valence-electron chi connectivity index (χ2n) is 6.53. The molecule has 1 aliphatic heterocycles. The molecule has 1 amide bonds. The Morgan fingerprint density at radius 3 is 2.25 bits per heavy atom. The van der Waals surface area contributed by atoms with Crippen LogP contribution in [0.4, 0.5) is 0 Å². The lowest BCUT2D eigenvalue weighted by atomic mass is 9.90. The molecule has 2 aromatic carbocycles. The number of carbonyl (C=O) groups excluding carboxylic acids is 1. The van der Waals surface area contributed by atoms with Gasteiger partial charge in [-0.1, -0.05) is 48.5 Å². The first kappa shape index (κ1) is 16.6. The van der Waals surface area contributed by atoms with Crippen LogP contribution in [0.5, 0.6) is 5.75 Å². The molecule has 1 aliphatic rings. The zero-order valence-corrected chi connectivity index (χ0v) is 14.2. The van der Waals surface area contributed by atoms with Gasteiger partial charge in [0.2, 0.25) is 0 Å². The molecule has 0 aliphatic carbocycles. The largest absolute Gasteiger partial charge is 0.481 e. The predicted molar refractivity (Wildman–Crippen MR) is 96.0 cm³/mol. The summed E-state index contributed by atoms with van der Waals surface area (Å²) in [7, 11) is 0. The molecule has 3 heteroatoms. The van der Waals surface area contributed by atoms with Crippen molar-refractivity contribution in [2.24, 2.45) is 5.92 Å². The van der Waals surface area contributed by atoms with Crippen molar-refractivity contribution in [1.82, 2.24) is 4.90 Å². The Kier molecular flexibility index (Phi) is 5.52. The van der Waals surface area contributed by atoms with Crippen LogP contribution in [0.15, 0.2) is 60.7 Å². The number of hydrogen-bond acceptors (Lipinski definition) is 2. The third-order valence-electron chi connectivity index (χ3n) is 4.70. The van der Waals surface area contributed by atoms with E-state index < -0.39 is 6.10 Å². The molecule has 1 fully saturated rings. The van der Waals surface area contributed by atoms with Gasteiger partial charge in [-0.25, -0.2) is 0 Å². The van der Waals surface area contributed by atoms with Gasteiger partial charge in [0.05, 0.1) is 0 Å². The molecule has 2 aromatic rings. The summed E-state index contributed by atoms with van der Waals surface area (Å²) < 4.78 is 5.76. The number of benzene rings is 2. The highest BCUT2D eigenvalue weighted by atomic mass is 16.5. The van der Waals surface area contributed by atoms with Gasteiger partial charge in [0.15, 0.2) is 6.10 Å². The molecule has 0 saturated carbocycles. The summed E-state index contributed by atoms with van der Waals surface area (Å²) in [4.78, 5) is 14.5. The molecule has 0 radical (unpaired) electrons. The van der Waals surface area contributed by atoms with Gasteiger partial charge >= 0.3 is 0 Å². The van der Waals surface area contributed by atoms with Crippen LogP contribution in [-0.4, -0.2) is 30.0 Å². The van der Waals surface area contributed by atoms with Crippen molar-refractivity contribution >= 4 is 5.91 Å². The fraction of sp³-hybridized carbons (Fsp3) is 0.381. The summed E-state index contributed by atoms with van der Waals surface area (Å²) in [5.74, 6) is 1.51. The number of likely N-dealkylation sites (tertiary alicyclic amines) is 1. The van der Waals surface area contributed by atoms with E-state index in [1.807, 2.05) is 42.2 Å². The number of hydrogen-bond donors (Lipinski definition) is 0. The summed E-state index contributed by atoms with van der Waals surface area (Å²) in [5.41, 5.74) is 1.39. The van der Waals surface area contributed by atoms with E-state index in [2.05, 4.69) is 30.3 Å². The van der Waals surface area contributed by atoms with Crippen LogP contribution < -0.4 is 4.74 Å². The maximum atomic E-state index is 12.6. The summed E-state index contributed by atoms with van der Waals surface area (Å²) in [6.07, 6.45) is 2.81. The van der Waals surface area contributed by atoms with E-state index in [4.69, 9.17) is 4.74 Å². The van der Waals surface area contributed by atoms with Crippen molar-refractivity contribution in [3.63, 3.8) is 0 Å². The highest BCUT2D eigenvalue weighted by Crippen LogP contribution is 2.22. The van der Waals surface area contributed by atoms with Gasteiger partial charge in [-0.05, 0) is 49.8 Å². The van der Waals surface area contributed by atoms with Crippen LogP contribution in [0.25, 0.3) is 0 Å². The number of rotatable bonds is 5. The fourth-order valence-electron chi connectivity index (χ4n) is 3.32. The summed E-state index contributed by atoms with van der Waals surface area (Å²) in [6.45, 7) is 3.50. The van der Waals surface area contributed by atoms with Gasteiger partial charge in [-0.3, -0.25) is 4.79 Å². The number of nitrogens with zero attached hydrogens (tertiary/aromatic N) is 1. The lowest BCUT2D eigenvalue weighted by Crippen LogP contribution is -2.45. The lowest BCUT2D eigenvalue weighted by molar-refractivity contribution is -0.139. The van der Waals surface area contributed by atoms with Crippen molar-refractivity contribution in [2.45, 2.75) is 32.3 Å². The molecule has 3 nitrogen and oxygen atoms in total. The van der Waals surface area contributed by atoms with Crippen LogP contribution in [0.3, 0.4) is 0 Å². The Balaban J connectivity index is 1.48. The summed E-state index contributed by atoms with van der Waals surface area (Å²) in [6, 6.07) is 20.2. The number of piperidine rings is 1. The second kappa shape index (κ2) is 8.00. The molecule has 0 unspecified atom stereocenters. The van der Waals surface area contributed by atoms with Crippen molar-refractivity contribution in [3.05, 3.63) is 66.2 Å². The minimum Gasteiger partial charge on any atom is -0.481 e. The molecule has 24 heavy (non-hydrogen) atoms. The zero-order valence-electron chi connectivity index (χ0n) is 14.2. The highest BCUT2D eigenvalue weighted by molar-refractivity contribution is 5.81. The molecule has 0 aromatic heterocycles. The molecule has 3 rings (SSSR count). The SMILES string of the molecule is C[C@@H](Oc1ccccc1)C(=O)N1CCC(Cc2ccccc2)CC1. The number of carbonyl (C=O) groups is 1. The molecule has 1 saturated heterocycles. The maximum absolute atomic E-state index is 12.6. The molecule has 0 spiro atoms. The number of ether oxygens (including phenoxy) is 1. The second-order valence-corrected chi connectivity index (χ2v) is 6.53. The van der Waals surface area contributed by atoms with Gasteiger partial charge in [0, 0.05) is 13.1 Å². The molecular formula is C21H25NO2. The van der Waals surface area contributed by atoms with Crippen LogP contribution in [0.1, 0.15) is 25.3 Å². The molecule has 0 bridgehead atoms. The number of amides is 1. The minimum atomic E-state index is -0.432. The first-order valence-electron chi connectivity index (χ1n) is 8.77. The molecule has 1 heterocycles. The van der Waals surface area contributed by atoms with E-state index in [0.717, 1.165) is 38.1 Å². The Morgan fingerprint density at radius 2 is 1.62 bits per heavy atom. The average molecular weight is 323 g/mol. The quantitative estimate of drug-likeness (QED) is 0.834. The third kappa shape index (κ3) is 4.38. The third-order valence-corrected chi connectivity index (χ3v) is 4.70. The topological polar surface area (TPSA) is 29.5 Å². The fourth-order valence-corrected chi connectivity index (χ4v) is 3.32. The van der Waals surface area contributed by atoms with E-state index in [1.54, 1.807) is 0 Å². The van der Waals surface area contributed by atoms with Crippen LogP contribution >= 0.6 is 0 Å². The van der Waals surface area contributed by atoms with E-state index in [1.165, 1.54) is 5.56 Å². The van der Waals surface area contributed by atoms with E-state index in [0.29, 0.717) is 5.92 Å². The standard InChI is InChI=1S/C21H25NO2/c1-17(24-20-10-6-3-7-11-20)21(23)22-14-12-19(13-15-22)16-18-8-4-2-5-9-18/h2-11,17,19H,12-16H2,1H3/t17-/m1/s1. The Labute approximate surface area is 144 Å². The maximum Gasteiger partial charge on any atom is 0.263 e. The zero-order chi connectivity index (χ0) is 16.8. The van der Waals surface area contributed by atoms with E-state index in [-0.39, 0.29) is 5.91 Å². The molecule has 0 N–H and O–H groups in total.